The molecule has 69 heavy (non-hydrogen) atoms. The molecule has 0 rings (SSSR count). The molecule has 0 heterocycles. The maximum Gasteiger partial charge on any atom is 0.306 e. The number of rotatable bonds is 54. The summed E-state index contributed by atoms with van der Waals surface area (Å²) in [5.74, 6) is -0.589. The highest BCUT2D eigenvalue weighted by Gasteiger charge is 2.16. The van der Waals surface area contributed by atoms with Crippen molar-refractivity contribution in [3.8, 4) is 0 Å². The molecule has 1 N–H and O–H groups in total. The number of ether oxygens (including phenoxy) is 2. The van der Waals surface area contributed by atoms with Gasteiger partial charge in [0.15, 0.2) is 6.10 Å². The molecule has 5 nitrogen and oxygen atoms in total. The van der Waals surface area contributed by atoms with Crippen LogP contribution in [0, 0.1) is 0 Å². The molecule has 0 aromatic heterocycles. The number of aliphatic hydroxyl groups is 1. The minimum Gasteiger partial charge on any atom is -0.462 e. The van der Waals surface area contributed by atoms with Gasteiger partial charge in [-0.15, -0.1) is 0 Å². The van der Waals surface area contributed by atoms with Crippen molar-refractivity contribution >= 4 is 11.9 Å². The summed E-state index contributed by atoms with van der Waals surface area (Å²) in [6, 6.07) is 0. The maximum absolute atomic E-state index is 12.3. The van der Waals surface area contributed by atoms with Gasteiger partial charge in [0.25, 0.3) is 0 Å². The second kappa shape index (κ2) is 59.4. The zero-order chi connectivity index (χ0) is 49.9. The van der Waals surface area contributed by atoms with Gasteiger partial charge in [0.05, 0.1) is 6.61 Å². The van der Waals surface area contributed by atoms with Gasteiger partial charge in [-0.1, -0.05) is 292 Å². The molecule has 0 aromatic carbocycles. The van der Waals surface area contributed by atoms with Crippen molar-refractivity contribution in [3.63, 3.8) is 0 Å². The summed E-state index contributed by atoms with van der Waals surface area (Å²) < 4.78 is 10.7. The van der Waals surface area contributed by atoms with Gasteiger partial charge in [0, 0.05) is 12.8 Å². The van der Waals surface area contributed by atoms with Crippen LogP contribution in [0.5, 0.6) is 0 Å². The molecule has 0 aliphatic heterocycles. The summed E-state index contributed by atoms with van der Waals surface area (Å²) in [7, 11) is 0. The lowest BCUT2D eigenvalue weighted by Crippen LogP contribution is -2.28. The van der Waals surface area contributed by atoms with Gasteiger partial charge in [0.2, 0.25) is 0 Å². The SMILES string of the molecule is CC/C=C\C/C=C\C/C=C\C/C=C\C/C=C\C/C=C\C/C=C\CCCCCCCCCCCC(=O)OC(CO)COC(=O)CCCCCCCCCCCCCCCCCCCCCCCCCC. The highest BCUT2D eigenvalue weighted by atomic mass is 16.6. The molecular formula is C64H112O5. The van der Waals surface area contributed by atoms with E-state index in [9.17, 15) is 14.7 Å². The van der Waals surface area contributed by atoms with E-state index in [0.29, 0.717) is 12.8 Å². The lowest BCUT2D eigenvalue weighted by molar-refractivity contribution is -0.161. The smallest absolute Gasteiger partial charge is 0.306 e. The molecule has 1 atom stereocenters. The van der Waals surface area contributed by atoms with Crippen LogP contribution in [-0.4, -0.2) is 36.4 Å². The van der Waals surface area contributed by atoms with Crippen molar-refractivity contribution in [2.75, 3.05) is 13.2 Å². The summed E-state index contributed by atoms with van der Waals surface area (Å²) in [6.45, 7) is 4.05. The molecule has 5 heteroatoms. The van der Waals surface area contributed by atoms with Gasteiger partial charge >= 0.3 is 11.9 Å². The first-order valence-corrected chi connectivity index (χ1v) is 29.6. The third kappa shape index (κ3) is 57.5. The van der Waals surface area contributed by atoms with Crippen LogP contribution in [0.2, 0.25) is 0 Å². The Bertz CT molecular complexity index is 1270. The summed E-state index contributed by atoms with van der Waals surface area (Å²) in [6.07, 6.45) is 82.8. The van der Waals surface area contributed by atoms with Crippen LogP contribution in [0.3, 0.4) is 0 Å². The van der Waals surface area contributed by atoms with Crippen LogP contribution in [0.1, 0.15) is 290 Å². The number of aliphatic hydroxyl groups excluding tert-OH is 1. The third-order valence-electron chi connectivity index (χ3n) is 13.0. The minimum atomic E-state index is -0.779. The molecule has 0 aliphatic carbocycles. The number of unbranched alkanes of at least 4 members (excludes halogenated alkanes) is 32. The Labute approximate surface area is 428 Å². The zero-order valence-corrected chi connectivity index (χ0v) is 45.6. The number of hydrogen-bond acceptors (Lipinski definition) is 5. The fraction of sp³-hybridized carbons (Fsp3) is 0.750. The summed E-state index contributed by atoms with van der Waals surface area (Å²) in [4.78, 5) is 24.6. The summed E-state index contributed by atoms with van der Waals surface area (Å²) in [5, 5.41) is 9.67. The number of carbonyl (C=O) groups is 2. The van der Waals surface area contributed by atoms with E-state index in [1.807, 2.05) is 0 Å². The molecule has 0 saturated heterocycles. The molecule has 1 unspecified atom stereocenters. The van der Waals surface area contributed by atoms with E-state index in [4.69, 9.17) is 9.47 Å². The lowest BCUT2D eigenvalue weighted by atomic mass is 10.0. The van der Waals surface area contributed by atoms with Crippen molar-refractivity contribution < 1.29 is 24.2 Å². The van der Waals surface area contributed by atoms with E-state index >= 15 is 0 Å². The highest BCUT2D eigenvalue weighted by molar-refractivity contribution is 5.70. The summed E-state index contributed by atoms with van der Waals surface area (Å²) in [5.41, 5.74) is 0. The van der Waals surface area contributed by atoms with E-state index < -0.39 is 6.10 Å². The molecule has 0 saturated carbocycles. The van der Waals surface area contributed by atoms with Crippen molar-refractivity contribution in [2.24, 2.45) is 0 Å². The molecule has 0 aromatic rings. The molecule has 398 valence electrons. The fourth-order valence-corrected chi connectivity index (χ4v) is 8.54. The molecular weight excluding hydrogens is 849 g/mol. The Morgan fingerprint density at radius 1 is 0.348 bits per heavy atom. The summed E-state index contributed by atoms with van der Waals surface area (Å²) >= 11 is 0. The maximum atomic E-state index is 12.3. The van der Waals surface area contributed by atoms with Gasteiger partial charge < -0.3 is 14.6 Å². The first-order valence-electron chi connectivity index (χ1n) is 29.6. The Morgan fingerprint density at radius 3 is 0.942 bits per heavy atom. The predicted octanol–water partition coefficient (Wildman–Crippen LogP) is 20.1. The van der Waals surface area contributed by atoms with Crippen LogP contribution in [-0.2, 0) is 19.1 Å². The zero-order valence-electron chi connectivity index (χ0n) is 45.6. The second-order valence-electron chi connectivity index (χ2n) is 19.7. The van der Waals surface area contributed by atoms with Gasteiger partial charge in [-0.05, 0) is 70.6 Å². The van der Waals surface area contributed by atoms with Gasteiger partial charge in [-0.2, -0.15) is 0 Å². The Balaban J connectivity index is 3.51. The number of hydrogen-bond donors (Lipinski definition) is 1. The fourth-order valence-electron chi connectivity index (χ4n) is 8.54. The molecule has 0 bridgehead atoms. The topological polar surface area (TPSA) is 72.8 Å². The van der Waals surface area contributed by atoms with Crippen molar-refractivity contribution in [2.45, 2.75) is 296 Å². The Hall–Kier alpha value is -2.92. The standard InChI is InChI=1S/C64H112O5/c1-3-5-7-9-11-13-15-17-19-21-23-25-27-29-30-31-32-33-34-35-37-39-41-43-45-47-49-51-53-55-57-59-64(67)69-62(60-65)61-68-63(66)58-56-54-52-50-48-46-44-42-40-38-36-28-26-24-22-20-18-16-14-12-10-8-6-4-2/h5,7,11,13,17,19,23,25,29-30,32-33,35,37,62,65H,3-4,6,8-10,12,14-16,18,20-22,24,26-28,31,34,36,38-61H2,1-2H3/b7-5-,13-11-,19-17-,25-23-,30-29-,33-32-,37-35-. The van der Waals surface area contributed by atoms with Gasteiger partial charge in [-0.3, -0.25) is 9.59 Å². The minimum absolute atomic E-state index is 0.0684. The van der Waals surface area contributed by atoms with E-state index in [-0.39, 0.29) is 25.2 Å². The first-order chi connectivity index (χ1) is 34.1. The molecule has 0 radical (unpaired) electrons. The van der Waals surface area contributed by atoms with Crippen LogP contribution >= 0.6 is 0 Å². The van der Waals surface area contributed by atoms with E-state index in [2.05, 4.69) is 98.9 Å². The van der Waals surface area contributed by atoms with Crippen LogP contribution in [0.15, 0.2) is 85.1 Å². The third-order valence-corrected chi connectivity index (χ3v) is 13.0. The van der Waals surface area contributed by atoms with Crippen molar-refractivity contribution in [1.82, 2.24) is 0 Å². The number of allylic oxidation sites excluding steroid dienone is 14. The quantitative estimate of drug-likeness (QED) is 0.0374. The van der Waals surface area contributed by atoms with Crippen molar-refractivity contribution in [3.05, 3.63) is 85.1 Å². The number of esters is 2. The Kier molecular flexibility index (Phi) is 56.9. The molecule has 0 amide bonds. The average molecular weight is 962 g/mol. The average Bonchev–Trinajstić information content (AvgIpc) is 3.35. The monoisotopic (exact) mass is 961 g/mol. The van der Waals surface area contributed by atoms with Crippen molar-refractivity contribution in [1.29, 1.82) is 0 Å². The molecule has 0 aliphatic rings. The highest BCUT2D eigenvalue weighted by Crippen LogP contribution is 2.17. The molecule has 0 spiro atoms. The number of carbonyl (C=O) groups excluding carboxylic acids is 2. The lowest BCUT2D eigenvalue weighted by Gasteiger charge is -2.15. The normalized spacial score (nSPS) is 12.8. The van der Waals surface area contributed by atoms with E-state index in [0.717, 1.165) is 89.9 Å². The van der Waals surface area contributed by atoms with Gasteiger partial charge in [-0.25, -0.2) is 0 Å². The molecule has 0 fully saturated rings. The first kappa shape index (κ1) is 66.1. The Morgan fingerprint density at radius 2 is 0.623 bits per heavy atom. The van der Waals surface area contributed by atoms with Crippen LogP contribution in [0.25, 0.3) is 0 Å². The van der Waals surface area contributed by atoms with Crippen LogP contribution < -0.4 is 0 Å². The predicted molar refractivity (Wildman–Crippen MR) is 302 cm³/mol. The largest absolute Gasteiger partial charge is 0.462 e. The van der Waals surface area contributed by atoms with Crippen LogP contribution in [0.4, 0.5) is 0 Å². The van der Waals surface area contributed by atoms with E-state index in [1.54, 1.807) is 0 Å². The second-order valence-corrected chi connectivity index (χ2v) is 19.7. The van der Waals surface area contributed by atoms with E-state index in [1.165, 1.54) is 173 Å². The van der Waals surface area contributed by atoms with Gasteiger partial charge in [0.1, 0.15) is 6.61 Å².